The highest BCUT2D eigenvalue weighted by molar-refractivity contribution is 6.11. The summed E-state index contributed by atoms with van der Waals surface area (Å²) in [5, 5.41) is 4.53. The minimum absolute atomic E-state index is 0.751. The molecule has 3 heterocycles. The quantitative estimate of drug-likeness (QED) is 0.236. The minimum atomic E-state index is 0.751. The van der Waals surface area contributed by atoms with Crippen LogP contribution in [0.5, 0.6) is 0 Å². The summed E-state index contributed by atoms with van der Waals surface area (Å²) in [6.07, 6.45) is 1.81. The van der Waals surface area contributed by atoms with Crippen molar-refractivity contribution in [3.05, 3.63) is 146 Å². The zero-order valence-corrected chi connectivity index (χ0v) is 21.6. The number of anilines is 3. The molecule has 3 aromatic heterocycles. The Morgan fingerprint density at radius 1 is 0.525 bits per heavy atom. The van der Waals surface area contributed by atoms with E-state index in [0.717, 1.165) is 55.7 Å². The molecule has 0 saturated heterocycles. The van der Waals surface area contributed by atoms with Gasteiger partial charge in [0.2, 0.25) is 0 Å². The lowest BCUT2D eigenvalue weighted by molar-refractivity contribution is 1.18. The Bertz CT molecular complexity index is 2160. The number of hydrogen-bond acceptors (Lipinski definition) is 3. The smallest absolute Gasteiger partial charge is 0.159 e. The molecular weight excluding hydrogens is 488 g/mol. The van der Waals surface area contributed by atoms with Crippen molar-refractivity contribution >= 4 is 60.8 Å². The number of hydrogen-bond donors (Lipinski definition) is 0. The lowest BCUT2D eigenvalue weighted by atomic mass is 10.1. The highest BCUT2D eigenvalue weighted by Gasteiger charge is 2.19. The van der Waals surface area contributed by atoms with Gasteiger partial charge in [-0.1, -0.05) is 72.8 Å². The second-order valence-corrected chi connectivity index (χ2v) is 9.95. The molecule has 5 aromatic carbocycles. The van der Waals surface area contributed by atoms with Gasteiger partial charge in [-0.25, -0.2) is 9.97 Å². The fourth-order valence-corrected chi connectivity index (χ4v) is 5.80. The number of rotatable bonds is 4. The molecule has 0 saturated carbocycles. The molecule has 0 unspecified atom stereocenters. The van der Waals surface area contributed by atoms with Crippen LogP contribution in [-0.2, 0) is 0 Å². The summed E-state index contributed by atoms with van der Waals surface area (Å²) in [4.78, 5) is 12.0. The molecular formula is C36H24N4. The van der Waals surface area contributed by atoms with Crippen LogP contribution >= 0.6 is 0 Å². The van der Waals surface area contributed by atoms with Gasteiger partial charge in [0.25, 0.3) is 0 Å². The molecule has 0 amide bonds. The summed E-state index contributed by atoms with van der Waals surface area (Å²) in [5.74, 6) is 0. The third-order valence-corrected chi connectivity index (χ3v) is 7.58. The molecule has 4 nitrogen and oxygen atoms in total. The zero-order chi connectivity index (χ0) is 26.5. The van der Waals surface area contributed by atoms with E-state index >= 15 is 0 Å². The monoisotopic (exact) mass is 512 g/mol. The van der Waals surface area contributed by atoms with E-state index in [1.807, 2.05) is 6.07 Å². The highest BCUT2D eigenvalue weighted by Crippen LogP contribution is 2.41. The lowest BCUT2D eigenvalue weighted by Crippen LogP contribution is -2.10. The average Bonchev–Trinajstić information content (AvgIpc) is 3.33. The summed E-state index contributed by atoms with van der Waals surface area (Å²) in [5.41, 5.74) is 8.29. The van der Waals surface area contributed by atoms with Crippen LogP contribution in [0.15, 0.2) is 146 Å². The first kappa shape index (κ1) is 22.5. The number of fused-ring (bicyclic) bond motifs is 5. The maximum atomic E-state index is 5.10. The van der Waals surface area contributed by atoms with E-state index in [1.165, 1.54) is 10.8 Å². The summed E-state index contributed by atoms with van der Waals surface area (Å²) < 4.78 is 2.30. The molecule has 0 bridgehead atoms. The van der Waals surface area contributed by atoms with Crippen LogP contribution in [0.2, 0.25) is 0 Å². The van der Waals surface area contributed by atoms with Crippen LogP contribution in [0, 0.1) is 0 Å². The molecule has 0 aliphatic carbocycles. The number of benzene rings is 5. The molecule has 0 fully saturated rings. The fourth-order valence-electron chi connectivity index (χ4n) is 5.80. The van der Waals surface area contributed by atoms with Crippen molar-refractivity contribution < 1.29 is 0 Å². The summed E-state index contributed by atoms with van der Waals surface area (Å²) in [6, 6.07) is 49.1. The Balaban J connectivity index is 1.45. The van der Waals surface area contributed by atoms with Gasteiger partial charge < -0.3 is 9.47 Å². The second kappa shape index (κ2) is 9.07. The molecule has 0 spiro atoms. The molecule has 0 aliphatic heterocycles. The topological polar surface area (TPSA) is 34.0 Å². The Labute approximate surface area is 231 Å². The third-order valence-electron chi connectivity index (χ3n) is 7.58. The van der Waals surface area contributed by atoms with Crippen molar-refractivity contribution in [3.63, 3.8) is 0 Å². The average molecular weight is 513 g/mol. The van der Waals surface area contributed by atoms with Gasteiger partial charge in [0.1, 0.15) is 0 Å². The molecule has 0 atom stereocenters. The molecule has 0 aliphatic rings. The van der Waals surface area contributed by atoms with Crippen molar-refractivity contribution in [3.8, 4) is 5.69 Å². The summed E-state index contributed by atoms with van der Waals surface area (Å²) >= 11 is 0. The first-order valence-electron chi connectivity index (χ1n) is 13.4. The van der Waals surface area contributed by atoms with Gasteiger partial charge in [-0.3, -0.25) is 0 Å². The van der Waals surface area contributed by atoms with Crippen LogP contribution in [0.4, 0.5) is 17.1 Å². The number of aromatic nitrogens is 3. The van der Waals surface area contributed by atoms with Gasteiger partial charge in [-0.15, -0.1) is 0 Å². The third kappa shape index (κ3) is 3.54. The predicted molar refractivity (Wildman–Crippen MR) is 166 cm³/mol. The van der Waals surface area contributed by atoms with Crippen LogP contribution in [-0.4, -0.2) is 14.5 Å². The molecule has 40 heavy (non-hydrogen) atoms. The summed E-state index contributed by atoms with van der Waals surface area (Å²) in [6.45, 7) is 0. The lowest BCUT2D eigenvalue weighted by Gasteiger charge is -2.27. The van der Waals surface area contributed by atoms with Crippen molar-refractivity contribution in [2.75, 3.05) is 4.90 Å². The largest absolute Gasteiger partial charge is 0.310 e. The SMILES string of the molecule is c1ccc(N(c2ccc3c(c2)c2nc4ncccc4cc2n3-c2ccccc2)c2cccc3ccccc23)cc1. The van der Waals surface area contributed by atoms with Gasteiger partial charge in [-0.2, -0.15) is 0 Å². The van der Waals surface area contributed by atoms with Crippen LogP contribution in [0.25, 0.3) is 49.4 Å². The van der Waals surface area contributed by atoms with E-state index in [-0.39, 0.29) is 0 Å². The van der Waals surface area contributed by atoms with E-state index in [2.05, 4.69) is 148 Å². The Hall–Kier alpha value is -5.48. The maximum absolute atomic E-state index is 5.10. The van der Waals surface area contributed by atoms with E-state index in [4.69, 9.17) is 4.98 Å². The van der Waals surface area contributed by atoms with Crippen molar-refractivity contribution in [2.24, 2.45) is 0 Å². The molecule has 188 valence electrons. The molecule has 8 aromatic rings. The predicted octanol–water partition coefficient (Wildman–Crippen LogP) is 9.35. The fraction of sp³-hybridized carbons (Fsp3) is 0. The first-order chi connectivity index (χ1) is 19.8. The zero-order valence-electron chi connectivity index (χ0n) is 21.6. The van der Waals surface area contributed by atoms with Crippen molar-refractivity contribution in [2.45, 2.75) is 0 Å². The van der Waals surface area contributed by atoms with Crippen molar-refractivity contribution in [1.29, 1.82) is 0 Å². The van der Waals surface area contributed by atoms with Gasteiger partial charge in [0, 0.05) is 39.4 Å². The second-order valence-electron chi connectivity index (χ2n) is 9.95. The van der Waals surface area contributed by atoms with Gasteiger partial charge in [0.15, 0.2) is 5.65 Å². The standard InChI is InChI=1S/C36H24N4/c1-3-14-27(15-4-1)39(32-19-9-12-25-11-7-8-18-30(25)32)29-20-21-33-31(24-29)35-34(40(33)28-16-5-2-6-17-28)23-26-13-10-22-37-36(26)38-35/h1-24H. The Morgan fingerprint density at radius 3 is 2.15 bits per heavy atom. The normalized spacial score (nSPS) is 11.5. The molecule has 4 heteroatoms. The Kier molecular flexibility index (Phi) is 5.10. The maximum Gasteiger partial charge on any atom is 0.159 e. The molecule has 0 N–H and O–H groups in total. The Morgan fingerprint density at radius 2 is 1.27 bits per heavy atom. The van der Waals surface area contributed by atoms with Gasteiger partial charge >= 0.3 is 0 Å². The molecule has 0 radical (unpaired) electrons. The van der Waals surface area contributed by atoms with E-state index in [9.17, 15) is 0 Å². The van der Waals surface area contributed by atoms with Crippen molar-refractivity contribution in [1.82, 2.24) is 14.5 Å². The van der Waals surface area contributed by atoms with E-state index in [1.54, 1.807) is 6.20 Å². The minimum Gasteiger partial charge on any atom is -0.310 e. The number of pyridine rings is 2. The summed E-state index contributed by atoms with van der Waals surface area (Å²) in [7, 11) is 0. The van der Waals surface area contributed by atoms with Crippen LogP contribution in [0.1, 0.15) is 0 Å². The first-order valence-corrected chi connectivity index (χ1v) is 13.4. The van der Waals surface area contributed by atoms with Crippen LogP contribution < -0.4 is 4.90 Å². The number of nitrogens with zero attached hydrogens (tertiary/aromatic N) is 4. The van der Waals surface area contributed by atoms with Gasteiger partial charge in [0.05, 0.1) is 22.2 Å². The van der Waals surface area contributed by atoms with E-state index in [0.29, 0.717) is 0 Å². The van der Waals surface area contributed by atoms with Crippen LogP contribution in [0.3, 0.4) is 0 Å². The highest BCUT2D eigenvalue weighted by atomic mass is 15.1. The number of para-hydroxylation sites is 2. The molecule has 8 rings (SSSR count). The van der Waals surface area contributed by atoms with Gasteiger partial charge in [-0.05, 0) is 72.1 Å². The van der Waals surface area contributed by atoms with E-state index < -0.39 is 0 Å².